The number of hydrogen-bond donors (Lipinski definition) is 0. The van der Waals surface area contributed by atoms with Gasteiger partial charge in [0.15, 0.2) is 9.84 Å². The molecule has 64 valence electrons. The third-order valence-electron chi connectivity index (χ3n) is 1.64. The molecule has 0 aliphatic carbocycles. The lowest BCUT2D eigenvalue weighted by atomic mass is 10.3. The summed E-state index contributed by atoms with van der Waals surface area (Å²) in [6.07, 6.45) is 2.17. The SMILES string of the molecule is C=CCO[C@@H]1CCS(=O)(=O)C1. The molecule has 1 atom stereocenters. The van der Waals surface area contributed by atoms with Gasteiger partial charge >= 0.3 is 0 Å². The van der Waals surface area contributed by atoms with E-state index in [0.29, 0.717) is 13.0 Å². The molecule has 1 saturated heterocycles. The summed E-state index contributed by atoms with van der Waals surface area (Å²) in [7, 11) is -2.79. The van der Waals surface area contributed by atoms with Crippen LogP contribution in [-0.4, -0.2) is 32.6 Å². The lowest BCUT2D eigenvalue weighted by molar-refractivity contribution is 0.0939. The maximum atomic E-state index is 10.9. The van der Waals surface area contributed by atoms with Gasteiger partial charge in [0.25, 0.3) is 0 Å². The van der Waals surface area contributed by atoms with Crippen molar-refractivity contribution in [3.8, 4) is 0 Å². The van der Waals surface area contributed by atoms with Crippen LogP contribution in [0.25, 0.3) is 0 Å². The molecule has 0 saturated carbocycles. The van der Waals surface area contributed by atoms with E-state index < -0.39 is 9.84 Å². The van der Waals surface area contributed by atoms with Crippen LogP contribution in [0.2, 0.25) is 0 Å². The van der Waals surface area contributed by atoms with Crippen molar-refractivity contribution in [2.24, 2.45) is 0 Å². The van der Waals surface area contributed by atoms with E-state index in [4.69, 9.17) is 4.74 Å². The summed E-state index contributed by atoms with van der Waals surface area (Å²) in [6.45, 7) is 3.93. The zero-order chi connectivity index (χ0) is 8.32. The Morgan fingerprint density at radius 3 is 2.82 bits per heavy atom. The van der Waals surface area contributed by atoms with E-state index in [1.807, 2.05) is 0 Å². The first-order valence-corrected chi connectivity index (χ1v) is 5.39. The summed E-state index contributed by atoms with van der Waals surface area (Å²) < 4.78 is 27.0. The Balaban J connectivity index is 2.36. The summed E-state index contributed by atoms with van der Waals surface area (Å²) in [6, 6.07) is 0. The second-order valence-corrected chi connectivity index (χ2v) is 4.88. The third kappa shape index (κ3) is 2.63. The molecule has 0 unspecified atom stereocenters. The van der Waals surface area contributed by atoms with Crippen LogP contribution in [0, 0.1) is 0 Å². The van der Waals surface area contributed by atoms with Gasteiger partial charge in [-0.3, -0.25) is 0 Å². The lowest BCUT2D eigenvalue weighted by Gasteiger charge is -2.05. The van der Waals surface area contributed by atoms with Crippen LogP contribution in [0.5, 0.6) is 0 Å². The van der Waals surface area contributed by atoms with Gasteiger partial charge in [0.2, 0.25) is 0 Å². The average molecular weight is 176 g/mol. The molecule has 0 spiro atoms. The van der Waals surface area contributed by atoms with Gasteiger partial charge in [-0.15, -0.1) is 6.58 Å². The molecule has 0 aromatic heterocycles. The van der Waals surface area contributed by atoms with Gasteiger partial charge in [-0.05, 0) is 6.42 Å². The standard InChI is InChI=1S/C7H12O3S/c1-2-4-10-7-3-5-11(8,9)6-7/h2,7H,1,3-6H2/t7-/m1/s1. The molecule has 1 rings (SSSR count). The monoisotopic (exact) mass is 176 g/mol. The highest BCUT2D eigenvalue weighted by Crippen LogP contribution is 2.14. The van der Waals surface area contributed by atoms with Crippen LogP contribution in [-0.2, 0) is 14.6 Å². The second-order valence-electron chi connectivity index (χ2n) is 2.65. The van der Waals surface area contributed by atoms with E-state index in [2.05, 4.69) is 6.58 Å². The molecule has 0 radical (unpaired) electrons. The highest BCUT2D eigenvalue weighted by atomic mass is 32.2. The molecule has 0 aromatic carbocycles. The molecule has 1 heterocycles. The molecule has 4 heteroatoms. The van der Waals surface area contributed by atoms with Crippen LogP contribution in [0.15, 0.2) is 12.7 Å². The Morgan fingerprint density at radius 1 is 1.64 bits per heavy atom. The van der Waals surface area contributed by atoms with E-state index in [1.165, 1.54) is 0 Å². The molecule has 3 nitrogen and oxygen atoms in total. The van der Waals surface area contributed by atoms with Crippen molar-refractivity contribution in [2.75, 3.05) is 18.1 Å². The number of ether oxygens (including phenoxy) is 1. The van der Waals surface area contributed by atoms with Crippen molar-refractivity contribution in [3.05, 3.63) is 12.7 Å². The smallest absolute Gasteiger partial charge is 0.152 e. The van der Waals surface area contributed by atoms with Crippen LogP contribution in [0.4, 0.5) is 0 Å². The summed E-state index contributed by atoms with van der Waals surface area (Å²) in [5, 5.41) is 0. The maximum absolute atomic E-state index is 10.9. The number of rotatable bonds is 3. The molecule has 0 bridgehead atoms. The molecule has 0 N–H and O–H groups in total. The first-order valence-electron chi connectivity index (χ1n) is 3.57. The molecule has 1 aliphatic heterocycles. The predicted molar refractivity (Wildman–Crippen MR) is 43.2 cm³/mol. The van der Waals surface area contributed by atoms with Gasteiger partial charge in [-0.25, -0.2) is 8.42 Å². The fourth-order valence-electron chi connectivity index (χ4n) is 1.10. The topological polar surface area (TPSA) is 43.4 Å². The summed E-state index contributed by atoms with van der Waals surface area (Å²) in [4.78, 5) is 0. The van der Waals surface area contributed by atoms with Crippen molar-refractivity contribution >= 4 is 9.84 Å². The fraction of sp³-hybridized carbons (Fsp3) is 0.714. The minimum Gasteiger partial charge on any atom is -0.373 e. The fourth-order valence-corrected chi connectivity index (χ4v) is 2.71. The summed E-state index contributed by atoms with van der Waals surface area (Å²) in [5.74, 6) is 0.454. The van der Waals surface area contributed by atoms with Crippen LogP contribution in [0.3, 0.4) is 0 Å². The first-order chi connectivity index (χ1) is 5.14. The van der Waals surface area contributed by atoms with Crippen molar-refractivity contribution in [1.29, 1.82) is 0 Å². The largest absolute Gasteiger partial charge is 0.373 e. The number of sulfone groups is 1. The molecule has 1 aliphatic rings. The van der Waals surface area contributed by atoms with Gasteiger partial charge < -0.3 is 4.74 Å². The Labute approximate surface area is 67.0 Å². The maximum Gasteiger partial charge on any atom is 0.152 e. The first kappa shape index (κ1) is 8.74. The van der Waals surface area contributed by atoms with E-state index >= 15 is 0 Å². The second kappa shape index (κ2) is 3.36. The van der Waals surface area contributed by atoms with Crippen molar-refractivity contribution in [2.45, 2.75) is 12.5 Å². The minimum atomic E-state index is -2.79. The number of hydrogen-bond acceptors (Lipinski definition) is 3. The van der Waals surface area contributed by atoms with Crippen LogP contribution >= 0.6 is 0 Å². The Kier molecular flexibility index (Phi) is 2.67. The summed E-state index contributed by atoms with van der Waals surface area (Å²) in [5.41, 5.74) is 0. The third-order valence-corrected chi connectivity index (χ3v) is 3.38. The predicted octanol–water partition coefficient (Wildman–Crippen LogP) is 0.376. The van der Waals surface area contributed by atoms with Crippen molar-refractivity contribution in [1.82, 2.24) is 0 Å². The average Bonchev–Trinajstić information content (AvgIpc) is 2.26. The highest BCUT2D eigenvalue weighted by Gasteiger charge is 2.27. The minimum absolute atomic E-state index is 0.0991. The van der Waals surface area contributed by atoms with Gasteiger partial charge in [-0.2, -0.15) is 0 Å². The molecule has 0 aromatic rings. The van der Waals surface area contributed by atoms with E-state index in [-0.39, 0.29) is 17.6 Å². The van der Waals surface area contributed by atoms with Crippen molar-refractivity contribution < 1.29 is 13.2 Å². The van der Waals surface area contributed by atoms with Crippen molar-refractivity contribution in [3.63, 3.8) is 0 Å². The molecule has 1 fully saturated rings. The normalized spacial score (nSPS) is 28.5. The Bertz CT molecular complexity index is 230. The lowest BCUT2D eigenvalue weighted by Crippen LogP contribution is -2.14. The summed E-state index contributed by atoms with van der Waals surface area (Å²) >= 11 is 0. The zero-order valence-corrected chi connectivity index (χ0v) is 7.14. The highest BCUT2D eigenvalue weighted by molar-refractivity contribution is 7.91. The van der Waals surface area contributed by atoms with Gasteiger partial charge in [0, 0.05) is 0 Å². The van der Waals surface area contributed by atoms with Gasteiger partial charge in [-0.1, -0.05) is 6.08 Å². The van der Waals surface area contributed by atoms with E-state index in [9.17, 15) is 8.42 Å². The quantitative estimate of drug-likeness (QED) is 0.584. The molecular formula is C7H12O3S. The Morgan fingerprint density at radius 2 is 2.36 bits per heavy atom. The van der Waals surface area contributed by atoms with E-state index in [1.54, 1.807) is 6.08 Å². The van der Waals surface area contributed by atoms with Gasteiger partial charge in [0.05, 0.1) is 24.2 Å². The molecule has 0 amide bonds. The Hall–Kier alpha value is -0.350. The van der Waals surface area contributed by atoms with Crippen LogP contribution < -0.4 is 0 Å². The van der Waals surface area contributed by atoms with E-state index in [0.717, 1.165) is 0 Å². The molecule has 11 heavy (non-hydrogen) atoms. The zero-order valence-electron chi connectivity index (χ0n) is 6.32. The van der Waals surface area contributed by atoms with Crippen LogP contribution in [0.1, 0.15) is 6.42 Å². The molecular weight excluding hydrogens is 164 g/mol. The van der Waals surface area contributed by atoms with Gasteiger partial charge in [0.1, 0.15) is 0 Å².